The number of hydrogen-bond donors (Lipinski definition) is 2. The van der Waals surface area contributed by atoms with E-state index in [0.717, 1.165) is 38.2 Å². The van der Waals surface area contributed by atoms with E-state index in [1.807, 2.05) is 42.6 Å². The second-order valence-electron chi connectivity index (χ2n) is 5.34. The first kappa shape index (κ1) is 15.6. The minimum Gasteiger partial charge on any atom is -0.495 e. The molecule has 0 radical (unpaired) electrons. The van der Waals surface area contributed by atoms with Crippen molar-refractivity contribution in [3.8, 4) is 17.0 Å². The van der Waals surface area contributed by atoms with Crippen LogP contribution in [0.3, 0.4) is 0 Å². The van der Waals surface area contributed by atoms with E-state index in [1.54, 1.807) is 19.5 Å². The van der Waals surface area contributed by atoms with Gasteiger partial charge in [-0.1, -0.05) is 0 Å². The molecular weight excluding hydrogens is 382 g/mol. The van der Waals surface area contributed by atoms with Crippen LogP contribution in [0.1, 0.15) is 0 Å². The Hall–Kier alpha value is -2.93. The van der Waals surface area contributed by atoms with Crippen LogP contribution in [0.15, 0.2) is 59.5 Å². The smallest absolute Gasteiger partial charge is 0.227 e. The number of pyridine rings is 1. The van der Waals surface area contributed by atoms with Gasteiger partial charge in [-0.25, -0.2) is 15.0 Å². The van der Waals surface area contributed by atoms with Gasteiger partial charge in [-0.15, -0.1) is 0 Å². The van der Waals surface area contributed by atoms with Gasteiger partial charge >= 0.3 is 0 Å². The lowest BCUT2D eigenvalue weighted by Crippen LogP contribution is -1.98. The summed E-state index contributed by atoms with van der Waals surface area (Å²) < 4.78 is 6.21. The van der Waals surface area contributed by atoms with Crippen LogP contribution >= 0.6 is 15.9 Å². The summed E-state index contributed by atoms with van der Waals surface area (Å²) in [5, 5.41) is 4.23. The maximum Gasteiger partial charge on any atom is 0.227 e. The summed E-state index contributed by atoms with van der Waals surface area (Å²) in [5.74, 6) is 1.25. The number of ether oxygens (including phenoxy) is 1. The molecule has 2 N–H and O–H groups in total. The van der Waals surface area contributed by atoms with Crippen LogP contribution in [0, 0.1) is 0 Å². The van der Waals surface area contributed by atoms with Crippen LogP contribution < -0.4 is 10.1 Å². The highest BCUT2D eigenvalue weighted by Crippen LogP contribution is 2.30. The molecule has 1 aromatic carbocycles. The zero-order chi connectivity index (χ0) is 17.2. The largest absolute Gasteiger partial charge is 0.495 e. The molecule has 0 fully saturated rings. The molecular formula is C18H14BrN5O. The average Bonchev–Trinajstić information content (AvgIpc) is 3.08. The summed E-state index contributed by atoms with van der Waals surface area (Å²) in [7, 11) is 1.63. The van der Waals surface area contributed by atoms with E-state index in [-0.39, 0.29) is 0 Å². The molecule has 4 aromatic rings. The second-order valence-corrected chi connectivity index (χ2v) is 6.20. The van der Waals surface area contributed by atoms with Crippen LogP contribution in [0.2, 0.25) is 0 Å². The number of hydrogen-bond acceptors (Lipinski definition) is 5. The lowest BCUT2D eigenvalue weighted by Gasteiger charge is -2.09. The highest BCUT2D eigenvalue weighted by atomic mass is 79.9. The van der Waals surface area contributed by atoms with Crippen molar-refractivity contribution in [3.63, 3.8) is 0 Å². The van der Waals surface area contributed by atoms with Gasteiger partial charge in [-0.2, -0.15) is 0 Å². The Labute approximate surface area is 152 Å². The standard InChI is InChI=1S/C18H14BrN5O/c1-25-16-9-11(4-5-14(16)19)23-18-21-8-6-15(24-18)13-10-22-17-12(13)3-2-7-20-17/h2-10H,1H3,(H,20,22)(H,21,23,24). The quantitative estimate of drug-likeness (QED) is 0.530. The first-order chi connectivity index (χ1) is 12.2. The molecule has 0 saturated carbocycles. The van der Waals surface area contributed by atoms with Crippen LogP contribution in [0.5, 0.6) is 5.75 Å². The Morgan fingerprint density at radius 2 is 2.04 bits per heavy atom. The summed E-state index contributed by atoms with van der Waals surface area (Å²) in [4.78, 5) is 16.4. The fraction of sp³-hybridized carbons (Fsp3) is 0.0556. The Balaban J connectivity index is 1.68. The van der Waals surface area contributed by atoms with Gasteiger partial charge in [-0.3, -0.25) is 0 Å². The van der Waals surface area contributed by atoms with E-state index in [1.165, 1.54) is 0 Å². The molecule has 3 aromatic heterocycles. The number of nitrogens with one attached hydrogen (secondary N) is 2. The fourth-order valence-electron chi connectivity index (χ4n) is 2.60. The first-order valence-corrected chi connectivity index (χ1v) is 8.40. The Morgan fingerprint density at radius 3 is 2.92 bits per heavy atom. The number of benzene rings is 1. The van der Waals surface area contributed by atoms with E-state index < -0.39 is 0 Å². The molecule has 124 valence electrons. The normalized spacial score (nSPS) is 10.8. The number of aromatic amines is 1. The molecule has 25 heavy (non-hydrogen) atoms. The van der Waals surface area contributed by atoms with E-state index >= 15 is 0 Å². The summed E-state index contributed by atoms with van der Waals surface area (Å²) in [6.45, 7) is 0. The van der Waals surface area contributed by atoms with Crippen molar-refractivity contribution in [2.24, 2.45) is 0 Å². The number of anilines is 2. The lowest BCUT2D eigenvalue weighted by molar-refractivity contribution is 0.412. The van der Waals surface area contributed by atoms with Gasteiger partial charge in [0.1, 0.15) is 11.4 Å². The van der Waals surface area contributed by atoms with E-state index in [2.05, 4.69) is 41.2 Å². The predicted molar refractivity (Wildman–Crippen MR) is 101 cm³/mol. The number of fused-ring (bicyclic) bond motifs is 1. The minimum atomic E-state index is 0.514. The highest BCUT2D eigenvalue weighted by molar-refractivity contribution is 9.10. The molecule has 0 unspecified atom stereocenters. The third kappa shape index (κ3) is 3.06. The highest BCUT2D eigenvalue weighted by Gasteiger charge is 2.09. The monoisotopic (exact) mass is 395 g/mol. The summed E-state index contributed by atoms with van der Waals surface area (Å²) in [5.41, 5.74) is 3.49. The average molecular weight is 396 g/mol. The predicted octanol–water partition coefficient (Wildman–Crippen LogP) is 4.53. The molecule has 4 rings (SSSR count). The summed E-state index contributed by atoms with van der Waals surface area (Å²) in [6, 6.07) is 11.5. The third-order valence-electron chi connectivity index (χ3n) is 3.79. The van der Waals surface area contributed by atoms with Crippen LogP contribution in [-0.4, -0.2) is 27.0 Å². The minimum absolute atomic E-state index is 0.514. The molecule has 0 atom stereocenters. The van der Waals surface area contributed by atoms with Gasteiger partial charge in [-0.05, 0) is 46.3 Å². The van der Waals surface area contributed by atoms with Gasteiger partial charge in [0, 0.05) is 41.3 Å². The van der Waals surface area contributed by atoms with Crippen molar-refractivity contribution < 1.29 is 4.74 Å². The van der Waals surface area contributed by atoms with Crippen molar-refractivity contribution in [1.29, 1.82) is 0 Å². The molecule has 0 spiro atoms. The second kappa shape index (κ2) is 6.52. The molecule has 0 amide bonds. The number of methoxy groups -OCH3 is 1. The van der Waals surface area contributed by atoms with Crippen LogP contribution in [0.4, 0.5) is 11.6 Å². The molecule has 6 nitrogen and oxygen atoms in total. The van der Waals surface area contributed by atoms with E-state index in [4.69, 9.17) is 4.74 Å². The summed E-state index contributed by atoms with van der Waals surface area (Å²) in [6.07, 6.45) is 5.40. The number of halogens is 1. The number of H-pyrrole nitrogens is 1. The van der Waals surface area contributed by atoms with E-state index in [9.17, 15) is 0 Å². The first-order valence-electron chi connectivity index (χ1n) is 7.60. The van der Waals surface area contributed by atoms with Gasteiger partial charge in [0.2, 0.25) is 5.95 Å². The molecule has 0 bridgehead atoms. The van der Waals surface area contributed by atoms with Crippen molar-refractivity contribution in [2.45, 2.75) is 0 Å². The van der Waals surface area contributed by atoms with Crippen molar-refractivity contribution in [1.82, 2.24) is 19.9 Å². The van der Waals surface area contributed by atoms with Crippen molar-refractivity contribution >= 4 is 38.6 Å². The zero-order valence-corrected chi connectivity index (χ0v) is 14.9. The number of aromatic nitrogens is 4. The SMILES string of the molecule is COc1cc(Nc2nccc(-c3c[nH]c4ncccc34)n2)ccc1Br. The van der Waals surface area contributed by atoms with Gasteiger partial charge < -0.3 is 15.0 Å². The summed E-state index contributed by atoms with van der Waals surface area (Å²) >= 11 is 3.44. The zero-order valence-electron chi connectivity index (χ0n) is 13.3. The van der Waals surface area contributed by atoms with Crippen LogP contribution in [-0.2, 0) is 0 Å². The van der Waals surface area contributed by atoms with Gasteiger partial charge in [0.25, 0.3) is 0 Å². The molecule has 0 aliphatic carbocycles. The molecule has 0 aliphatic heterocycles. The topological polar surface area (TPSA) is 75.7 Å². The molecule has 3 heterocycles. The lowest BCUT2D eigenvalue weighted by atomic mass is 10.1. The van der Waals surface area contributed by atoms with Crippen molar-refractivity contribution in [2.75, 3.05) is 12.4 Å². The Kier molecular flexibility index (Phi) is 4.07. The molecule has 7 heteroatoms. The molecule has 0 aliphatic rings. The van der Waals surface area contributed by atoms with E-state index in [0.29, 0.717) is 5.95 Å². The van der Waals surface area contributed by atoms with Gasteiger partial charge in [0.15, 0.2) is 0 Å². The Bertz CT molecular complexity index is 1050. The number of nitrogens with zero attached hydrogens (tertiary/aromatic N) is 3. The molecule has 0 saturated heterocycles. The number of rotatable bonds is 4. The fourth-order valence-corrected chi connectivity index (χ4v) is 3.01. The maximum absolute atomic E-state index is 5.32. The Morgan fingerprint density at radius 1 is 1.12 bits per heavy atom. The maximum atomic E-state index is 5.32. The third-order valence-corrected chi connectivity index (χ3v) is 4.45. The van der Waals surface area contributed by atoms with Crippen molar-refractivity contribution in [3.05, 3.63) is 59.5 Å². The van der Waals surface area contributed by atoms with Gasteiger partial charge in [0.05, 0.1) is 17.3 Å². The van der Waals surface area contributed by atoms with Crippen LogP contribution in [0.25, 0.3) is 22.3 Å².